The molecule has 0 unspecified atom stereocenters. The first-order valence-corrected chi connectivity index (χ1v) is 28.5. The molecule has 17 nitrogen and oxygen atoms in total. The summed E-state index contributed by atoms with van der Waals surface area (Å²) in [6, 6.07) is 12.1. The highest BCUT2D eigenvalue weighted by molar-refractivity contribution is 5.85. The molecule has 29 heteroatoms. The number of hydrogen-bond donors (Lipinski definition) is 1. The molecule has 2 aromatic rings. The molecule has 2 amide bonds. The average molecular weight is 1270 g/mol. The summed E-state index contributed by atoms with van der Waals surface area (Å²) in [7, 11) is 3.61. The number of anilines is 2. The Morgan fingerprint density at radius 2 is 0.920 bits per heavy atom. The van der Waals surface area contributed by atoms with Crippen molar-refractivity contribution in [1.82, 2.24) is 29.8 Å². The van der Waals surface area contributed by atoms with Crippen molar-refractivity contribution in [2.45, 2.75) is 161 Å². The van der Waals surface area contributed by atoms with Gasteiger partial charge in [-0.3, -0.25) is 29.1 Å². The van der Waals surface area contributed by atoms with Gasteiger partial charge in [0, 0.05) is 113 Å². The van der Waals surface area contributed by atoms with Crippen LogP contribution in [0.2, 0.25) is 0 Å². The van der Waals surface area contributed by atoms with Gasteiger partial charge in [0.15, 0.2) is 6.29 Å². The van der Waals surface area contributed by atoms with Gasteiger partial charge in [-0.05, 0) is 144 Å². The molecule has 494 valence electrons. The molecule has 1 N–H and O–H groups in total. The topological polar surface area (TPSA) is 157 Å². The third-order valence-electron chi connectivity index (χ3n) is 15.3. The van der Waals surface area contributed by atoms with Crippen molar-refractivity contribution in [1.29, 1.82) is 0 Å². The fourth-order valence-corrected chi connectivity index (χ4v) is 9.96. The molecular formula is C58H84F12N8O9. The van der Waals surface area contributed by atoms with E-state index in [2.05, 4.69) is 51.4 Å². The minimum absolute atomic E-state index is 0.0264. The number of carbonyl (C=O) groups is 5. The maximum atomic E-state index is 12.8. The van der Waals surface area contributed by atoms with Crippen LogP contribution < -0.4 is 15.1 Å². The van der Waals surface area contributed by atoms with Gasteiger partial charge in [0.25, 0.3) is 12.2 Å². The van der Waals surface area contributed by atoms with Crippen molar-refractivity contribution in [3.8, 4) is 0 Å². The smallest absolute Gasteiger partial charge is 0.434 e. The monoisotopic (exact) mass is 1260 g/mol. The first-order chi connectivity index (χ1) is 39.8. The Kier molecular flexibility index (Phi) is 25.1. The number of benzene rings is 2. The number of amides is 2. The largest absolute Gasteiger partial charge is 0.459 e. The Hall–Kier alpha value is -5.81. The lowest BCUT2D eigenvalue weighted by Crippen LogP contribution is -2.54. The third kappa shape index (κ3) is 23.3. The fraction of sp³-hybridized carbons (Fsp3) is 0.707. The van der Waals surface area contributed by atoms with Crippen LogP contribution >= 0.6 is 0 Å². The zero-order valence-electron chi connectivity index (χ0n) is 51.5. The average Bonchev–Trinajstić information content (AvgIpc) is 1.92. The standard InChI is InChI=1S/C29H42F6N4O4.C18H26N2O3.C11H16F6N2O2/c1-20-7-8-21(22(17-20)38-15-13-37(14-16-38)19-23(40)43-26(2,3)4)18-36(6)27(5)9-11-39(12-10-27)25(41)42-24(28(30,31)32)29(33,34)35;1-14-5-6-15(13-21)16(11-14)20-9-7-19(8-10-20)12-17(22)23-18(2,3)4;1-9(18-2)3-5-19(6-4-9)8(20)21-7(10(12,13)14)11(15,16)17/h7-8,17,24H,9-16,18-19H2,1-6H3;5-6,11,13H,7-10,12H2,1-4H3;7,18H,3-6H2,1-2H3. The number of carbonyl (C=O) groups excluding carboxylic acids is 5. The lowest BCUT2D eigenvalue weighted by Gasteiger charge is -2.45. The molecule has 0 atom stereocenters. The molecule has 4 aliphatic heterocycles. The second-order valence-electron chi connectivity index (χ2n) is 24.8. The van der Waals surface area contributed by atoms with Crippen molar-refractivity contribution < 1.29 is 95.6 Å². The summed E-state index contributed by atoms with van der Waals surface area (Å²) in [5, 5.41) is 2.99. The summed E-state index contributed by atoms with van der Waals surface area (Å²) in [6.45, 7) is 26.0. The molecule has 2 aromatic carbocycles. The maximum Gasteiger partial charge on any atom is 0.434 e. The summed E-state index contributed by atoms with van der Waals surface area (Å²) < 4.78 is 169. The van der Waals surface area contributed by atoms with Crippen LogP contribution in [0.5, 0.6) is 0 Å². The number of ether oxygens (including phenoxy) is 4. The van der Waals surface area contributed by atoms with Crippen LogP contribution in [0.1, 0.15) is 108 Å². The van der Waals surface area contributed by atoms with Gasteiger partial charge in [0.1, 0.15) is 11.2 Å². The first-order valence-electron chi connectivity index (χ1n) is 28.5. The van der Waals surface area contributed by atoms with Crippen molar-refractivity contribution in [3.05, 3.63) is 58.7 Å². The van der Waals surface area contributed by atoms with Gasteiger partial charge >= 0.3 is 48.8 Å². The SMILES string of the molecule is CNC1(C)CCN(C(=O)OC(C(F)(F)F)C(F)(F)F)CC1.Cc1ccc(C=O)c(N2CCN(CC(=O)OC(C)(C)C)CC2)c1.Cc1ccc(CN(C)C2(C)CCN(C(=O)OC(C(F)(F)F)C(F)(F)F)CC2)c(N2CCN(CC(=O)OC(C)(C)C)CC2)c1. The number of aldehydes is 1. The lowest BCUT2D eigenvalue weighted by atomic mass is 9.87. The third-order valence-corrected chi connectivity index (χ3v) is 15.3. The Bertz CT molecular complexity index is 2570. The lowest BCUT2D eigenvalue weighted by molar-refractivity contribution is -0.309. The van der Waals surface area contributed by atoms with E-state index >= 15 is 0 Å². The minimum atomic E-state index is -5.76. The number of alkyl halides is 12. The van der Waals surface area contributed by atoms with Gasteiger partial charge in [0.2, 0.25) is 0 Å². The van der Waals surface area contributed by atoms with E-state index in [1.54, 1.807) is 7.05 Å². The molecule has 0 aromatic heterocycles. The molecule has 0 bridgehead atoms. The van der Waals surface area contributed by atoms with Crippen LogP contribution in [0.4, 0.5) is 73.6 Å². The predicted molar refractivity (Wildman–Crippen MR) is 300 cm³/mol. The number of halogens is 12. The van der Waals surface area contributed by atoms with Crippen LogP contribution in [0.25, 0.3) is 0 Å². The maximum absolute atomic E-state index is 12.8. The van der Waals surface area contributed by atoms with Gasteiger partial charge < -0.3 is 43.9 Å². The van der Waals surface area contributed by atoms with Crippen LogP contribution in [0.15, 0.2) is 36.4 Å². The number of nitrogens with zero attached hydrogens (tertiary/aromatic N) is 7. The van der Waals surface area contributed by atoms with E-state index in [0.717, 1.165) is 75.9 Å². The van der Waals surface area contributed by atoms with Crippen molar-refractivity contribution in [3.63, 3.8) is 0 Å². The first kappa shape index (κ1) is 73.7. The van der Waals surface area contributed by atoms with Gasteiger partial charge in [-0.25, -0.2) is 9.59 Å². The van der Waals surface area contributed by atoms with Gasteiger partial charge in [-0.2, -0.15) is 52.7 Å². The van der Waals surface area contributed by atoms with E-state index in [1.165, 1.54) is 0 Å². The summed E-state index contributed by atoms with van der Waals surface area (Å²) in [5.41, 5.74) is 4.32. The highest BCUT2D eigenvalue weighted by atomic mass is 19.4. The number of esters is 2. The van der Waals surface area contributed by atoms with Crippen LogP contribution in [0, 0.1) is 13.8 Å². The van der Waals surface area contributed by atoms with Crippen molar-refractivity contribution >= 4 is 41.8 Å². The number of piperidine rings is 2. The normalized spacial score (nSPS) is 18.3. The molecule has 0 aliphatic carbocycles. The van der Waals surface area contributed by atoms with E-state index in [4.69, 9.17) is 9.47 Å². The molecule has 0 spiro atoms. The summed E-state index contributed by atoms with van der Waals surface area (Å²) in [4.78, 5) is 71.6. The highest BCUT2D eigenvalue weighted by Gasteiger charge is 2.61. The van der Waals surface area contributed by atoms with Gasteiger partial charge in [-0.15, -0.1) is 0 Å². The summed E-state index contributed by atoms with van der Waals surface area (Å²) in [5.74, 6) is -0.443. The molecule has 4 saturated heterocycles. The Balaban J connectivity index is 0.000000309. The molecule has 0 radical (unpaired) electrons. The number of aryl methyl sites for hydroxylation is 2. The molecule has 0 saturated carbocycles. The van der Waals surface area contributed by atoms with E-state index in [1.807, 2.05) is 101 Å². The number of nitrogens with one attached hydrogen (secondary N) is 1. The highest BCUT2D eigenvalue weighted by Crippen LogP contribution is 2.39. The number of rotatable bonds is 13. The summed E-state index contributed by atoms with van der Waals surface area (Å²) >= 11 is 0. The molecule has 6 rings (SSSR count). The Morgan fingerprint density at radius 3 is 1.28 bits per heavy atom. The van der Waals surface area contributed by atoms with E-state index in [-0.39, 0.29) is 50.2 Å². The molecule has 4 aliphatic rings. The number of likely N-dealkylation sites (tertiary alicyclic amines) is 2. The molecule has 4 heterocycles. The summed E-state index contributed by atoms with van der Waals surface area (Å²) in [6.07, 6.45) is -32.0. The molecule has 4 fully saturated rings. The number of piperazine rings is 2. The van der Waals surface area contributed by atoms with Gasteiger partial charge in [-0.1, -0.05) is 18.2 Å². The molecular weight excluding hydrogens is 1180 g/mol. The van der Waals surface area contributed by atoms with E-state index < -0.39 is 65.8 Å². The fourth-order valence-electron chi connectivity index (χ4n) is 9.96. The second kappa shape index (κ2) is 29.7. The number of hydrogen-bond acceptors (Lipinski definition) is 15. The van der Waals surface area contributed by atoms with Crippen LogP contribution in [0.3, 0.4) is 0 Å². The quantitative estimate of drug-likeness (QED) is 0.0874. The van der Waals surface area contributed by atoms with E-state index in [0.29, 0.717) is 65.0 Å². The van der Waals surface area contributed by atoms with Crippen LogP contribution in [-0.2, 0) is 35.1 Å². The van der Waals surface area contributed by atoms with Crippen LogP contribution in [-0.4, -0.2) is 220 Å². The zero-order chi connectivity index (χ0) is 65.9. The predicted octanol–water partition coefficient (Wildman–Crippen LogP) is 10.3. The van der Waals surface area contributed by atoms with Crippen molar-refractivity contribution in [2.75, 3.05) is 116 Å². The van der Waals surface area contributed by atoms with E-state index in [9.17, 15) is 76.7 Å². The molecule has 87 heavy (non-hydrogen) atoms. The Morgan fingerprint density at radius 1 is 0.563 bits per heavy atom. The minimum Gasteiger partial charge on any atom is -0.459 e. The Labute approximate surface area is 500 Å². The van der Waals surface area contributed by atoms with Crippen molar-refractivity contribution in [2.24, 2.45) is 0 Å². The van der Waals surface area contributed by atoms with Gasteiger partial charge in [0.05, 0.1) is 13.1 Å². The second-order valence-corrected chi connectivity index (χ2v) is 24.8. The zero-order valence-corrected chi connectivity index (χ0v) is 51.5.